The van der Waals surface area contributed by atoms with Gasteiger partial charge < -0.3 is 5.32 Å². The lowest BCUT2D eigenvalue weighted by Crippen LogP contribution is -2.26. The fraction of sp³-hybridized carbons (Fsp3) is 0.462. The van der Waals surface area contributed by atoms with E-state index in [2.05, 4.69) is 22.3 Å². The zero-order valence-corrected chi connectivity index (χ0v) is 10.8. The normalized spacial score (nSPS) is 14.6. The van der Waals surface area contributed by atoms with Gasteiger partial charge in [-0.1, -0.05) is 6.92 Å². The summed E-state index contributed by atoms with van der Waals surface area (Å²) >= 11 is 0. The van der Waals surface area contributed by atoms with Crippen LogP contribution in [0.2, 0.25) is 0 Å². The van der Waals surface area contributed by atoms with Gasteiger partial charge in [-0.2, -0.15) is 5.10 Å². The smallest absolute Gasteiger partial charge is 0.162 e. The molecule has 0 aliphatic carbocycles. The van der Waals surface area contributed by atoms with Crippen LogP contribution in [0, 0.1) is 0 Å². The van der Waals surface area contributed by atoms with Gasteiger partial charge in [0.15, 0.2) is 5.82 Å². The molecule has 0 radical (unpaired) electrons. The maximum absolute atomic E-state index is 4.70. The van der Waals surface area contributed by atoms with Crippen LogP contribution in [-0.2, 0) is 26.4 Å². The molecular formula is C13H17N5. The second-order valence-corrected chi connectivity index (χ2v) is 4.60. The highest BCUT2D eigenvalue weighted by Gasteiger charge is 2.17. The van der Waals surface area contributed by atoms with E-state index in [9.17, 15) is 0 Å². The molecule has 0 bridgehead atoms. The molecule has 1 aliphatic heterocycles. The van der Waals surface area contributed by atoms with Crippen molar-refractivity contribution >= 4 is 0 Å². The lowest BCUT2D eigenvalue weighted by Gasteiger charge is -2.19. The minimum absolute atomic E-state index is 0.794. The Balaban J connectivity index is 2.11. The minimum Gasteiger partial charge on any atom is -0.311 e. The lowest BCUT2D eigenvalue weighted by molar-refractivity contribution is 0.617. The first-order valence-electron chi connectivity index (χ1n) is 6.36. The van der Waals surface area contributed by atoms with Crippen molar-refractivity contribution in [1.29, 1.82) is 0 Å². The molecule has 3 rings (SSSR count). The number of fused-ring (bicyclic) bond motifs is 1. The highest BCUT2D eigenvalue weighted by Crippen LogP contribution is 2.21. The van der Waals surface area contributed by atoms with Gasteiger partial charge in [0.2, 0.25) is 0 Å². The van der Waals surface area contributed by atoms with Crippen LogP contribution in [-0.4, -0.2) is 26.3 Å². The quantitative estimate of drug-likeness (QED) is 0.857. The summed E-state index contributed by atoms with van der Waals surface area (Å²) in [5, 5.41) is 7.55. The summed E-state index contributed by atoms with van der Waals surface area (Å²) in [7, 11) is 1.91. The van der Waals surface area contributed by atoms with E-state index in [1.54, 1.807) is 4.68 Å². The number of rotatable bonds is 2. The molecule has 2 aromatic rings. The fourth-order valence-electron chi connectivity index (χ4n) is 2.40. The topological polar surface area (TPSA) is 55.6 Å². The molecule has 0 saturated carbocycles. The predicted octanol–water partition coefficient (Wildman–Crippen LogP) is 1.09. The highest BCUT2D eigenvalue weighted by molar-refractivity contribution is 5.53. The molecule has 1 aliphatic rings. The first kappa shape index (κ1) is 11.3. The predicted molar refractivity (Wildman–Crippen MR) is 69.0 cm³/mol. The Labute approximate surface area is 106 Å². The van der Waals surface area contributed by atoms with Crippen molar-refractivity contribution in [3.8, 4) is 11.4 Å². The molecule has 18 heavy (non-hydrogen) atoms. The van der Waals surface area contributed by atoms with Crippen LogP contribution in [0.15, 0.2) is 12.4 Å². The lowest BCUT2D eigenvalue weighted by atomic mass is 10.0. The summed E-state index contributed by atoms with van der Waals surface area (Å²) in [6.07, 6.45) is 5.76. The average molecular weight is 243 g/mol. The Morgan fingerprint density at radius 1 is 1.39 bits per heavy atom. The van der Waals surface area contributed by atoms with Gasteiger partial charge in [-0.05, 0) is 24.9 Å². The second kappa shape index (κ2) is 4.49. The van der Waals surface area contributed by atoms with Gasteiger partial charge in [-0.3, -0.25) is 4.68 Å². The largest absolute Gasteiger partial charge is 0.311 e. The number of aryl methyl sites for hydroxylation is 2. The van der Waals surface area contributed by atoms with Gasteiger partial charge in [-0.25, -0.2) is 9.97 Å². The van der Waals surface area contributed by atoms with E-state index >= 15 is 0 Å². The molecule has 0 atom stereocenters. The van der Waals surface area contributed by atoms with E-state index in [0.29, 0.717) is 0 Å². The minimum atomic E-state index is 0.794. The molecular weight excluding hydrogens is 226 g/mol. The summed E-state index contributed by atoms with van der Waals surface area (Å²) in [5.41, 5.74) is 4.65. The summed E-state index contributed by atoms with van der Waals surface area (Å²) in [6.45, 7) is 4.02. The number of hydrogen-bond acceptors (Lipinski definition) is 4. The van der Waals surface area contributed by atoms with E-state index in [-0.39, 0.29) is 0 Å². The number of nitrogens with one attached hydrogen (secondary N) is 1. The van der Waals surface area contributed by atoms with Gasteiger partial charge in [-0.15, -0.1) is 0 Å². The van der Waals surface area contributed by atoms with Crippen LogP contribution in [0.4, 0.5) is 0 Å². The fourth-order valence-corrected chi connectivity index (χ4v) is 2.40. The third-order valence-electron chi connectivity index (χ3n) is 3.32. The van der Waals surface area contributed by atoms with Crippen LogP contribution >= 0.6 is 0 Å². The van der Waals surface area contributed by atoms with E-state index in [1.807, 2.05) is 19.4 Å². The van der Waals surface area contributed by atoms with Crippen molar-refractivity contribution in [3.63, 3.8) is 0 Å². The molecule has 2 aromatic heterocycles. The highest BCUT2D eigenvalue weighted by atomic mass is 15.2. The van der Waals surface area contributed by atoms with E-state index in [1.165, 1.54) is 11.3 Å². The van der Waals surface area contributed by atoms with Crippen LogP contribution in [0.1, 0.15) is 23.9 Å². The summed E-state index contributed by atoms with van der Waals surface area (Å²) in [6, 6.07) is 0. The third kappa shape index (κ3) is 1.90. The van der Waals surface area contributed by atoms with Crippen molar-refractivity contribution in [2.75, 3.05) is 6.54 Å². The number of aromatic nitrogens is 4. The molecule has 3 heterocycles. The summed E-state index contributed by atoms with van der Waals surface area (Å²) in [5.74, 6) is 0.794. The summed E-state index contributed by atoms with van der Waals surface area (Å²) in [4.78, 5) is 9.37. The van der Waals surface area contributed by atoms with E-state index in [0.717, 1.165) is 43.0 Å². The number of hydrogen-bond donors (Lipinski definition) is 1. The maximum Gasteiger partial charge on any atom is 0.162 e. The molecule has 0 saturated heterocycles. The first-order chi connectivity index (χ1) is 8.78. The molecule has 0 unspecified atom stereocenters. The molecule has 0 aromatic carbocycles. The standard InChI is InChI=1S/C13H17N5/c1-3-11-10-4-5-14-7-12(10)17-13(16-11)9-6-15-18(2)8-9/h6,8,14H,3-5,7H2,1-2H3. The van der Waals surface area contributed by atoms with Crippen LogP contribution in [0.25, 0.3) is 11.4 Å². The van der Waals surface area contributed by atoms with Crippen molar-refractivity contribution in [2.24, 2.45) is 7.05 Å². The Morgan fingerprint density at radius 2 is 2.28 bits per heavy atom. The van der Waals surface area contributed by atoms with Crippen LogP contribution in [0.3, 0.4) is 0 Å². The van der Waals surface area contributed by atoms with Crippen molar-refractivity contribution in [3.05, 3.63) is 29.3 Å². The van der Waals surface area contributed by atoms with Crippen molar-refractivity contribution in [1.82, 2.24) is 25.1 Å². The SMILES string of the molecule is CCc1nc(-c2cnn(C)c2)nc2c1CCNC2. The molecule has 1 N–H and O–H groups in total. The Kier molecular flexibility index (Phi) is 2.83. The van der Waals surface area contributed by atoms with Gasteiger partial charge in [0.25, 0.3) is 0 Å². The van der Waals surface area contributed by atoms with Gasteiger partial charge in [0, 0.05) is 25.5 Å². The molecule has 5 heteroatoms. The van der Waals surface area contributed by atoms with Crippen LogP contribution in [0.5, 0.6) is 0 Å². The average Bonchev–Trinajstić information content (AvgIpc) is 2.84. The Hall–Kier alpha value is -1.75. The van der Waals surface area contributed by atoms with Gasteiger partial charge in [0.1, 0.15) is 0 Å². The first-order valence-corrected chi connectivity index (χ1v) is 6.36. The zero-order chi connectivity index (χ0) is 12.5. The Bertz CT molecular complexity index is 556. The Morgan fingerprint density at radius 3 is 3.00 bits per heavy atom. The van der Waals surface area contributed by atoms with Gasteiger partial charge in [0.05, 0.1) is 17.5 Å². The molecule has 0 amide bonds. The second-order valence-electron chi connectivity index (χ2n) is 4.60. The molecule has 0 fully saturated rings. The number of nitrogens with zero attached hydrogens (tertiary/aromatic N) is 4. The third-order valence-corrected chi connectivity index (χ3v) is 3.32. The van der Waals surface area contributed by atoms with E-state index < -0.39 is 0 Å². The maximum atomic E-state index is 4.70. The summed E-state index contributed by atoms with van der Waals surface area (Å²) < 4.78 is 1.78. The monoisotopic (exact) mass is 243 g/mol. The van der Waals surface area contributed by atoms with Crippen molar-refractivity contribution in [2.45, 2.75) is 26.3 Å². The molecule has 0 spiro atoms. The molecule has 94 valence electrons. The van der Waals surface area contributed by atoms with Gasteiger partial charge >= 0.3 is 0 Å². The van der Waals surface area contributed by atoms with E-state index in [4.69, 9.17) is 4.98 Å². The zero-order valence-electron chi connectivity index (χ0n) is 10.8. The molecule has 5 nitrogen and oxygen atoms in total. The van der Waals surface area contributed by atoms with Crippen molar-refractivity contribution < 1.29 is 0 Å². The van der Waals surface area contributed by atoms with Crippen LogP contribution < -0.4 is 5.32 Å².